The van der Waals surface area contributed by atoms with Crippen LogP contribution in [0.5, 0.6) is 5.75 Å². The van der Waals surface area contributed by atoms with Crippen LogP contribution in [0.15, 0.2) is 54.6 Å². The second-order valence-electron chi connectivity index (χ2n) is 4.25. The molecule has 0 spiro atoms. The second kappa shape index (κ2) is 4.53. The molecule has 0 radical (unpaired) electrons. The third-order valence-electron chi connectivity index (χ3n) is 3.05. The van der Waals surface area contributed by atoms with E-state index in [0.717, 1.165) is 17.2 Å². The summed E-state index contributed by atoms with van der Waals surface area (Å²) in [5.74, 6) is 0.0769. The van der Waals surface area contributed by atoms with Crippen LogP contribution < -0.4 is 0 Å². The molecule has 1 heterocycles. The summed E-state index contributed by atoms with van der Waals surface area (Å²) in [7, 11) is 0. The first kappa shape index (κ1) is 11.4. The van der Waals surface area contributed by atoms with Crippen LogP contribution >= 0.6 is 0 Å². The Morgan fingerprint density at radius 3 is 2.58 bits per heavy atom. The summed E-state index contributed by atoms with van der Waals surface area (Å²) in [6, 6.07) is 16.3. The van der Waals surface area contributed by atoms with E-state index in [1.807, 2.05) is 30.3 Å². The van der Waals surface area contributed by atoms with Crippen LogP contribution in [-0.2, 0) is 0 Å². The molecule has 0 saturated carbocycles. The first-order valence-corrected chi connectivity index (χ1v) is 5.93. The van der Waals surface area contributed by atoms with E-state index in [1.54, 1.807) is 24.3 Å². The van der Waals surface area contributed by atoms with Crippen molar-refractivity contribution in [2.75, 3.05) is 0 Å². The van der Waals surface area contributed by atoms with E-state index in [4.69, 9.17) is 0 Å². The maximum atomic E-state index is 11.1. The number of hydrogen-bond donors (Lipinski definition) is 1. The molecule has 19 heavy (non-hydrogen) atoms. The molecule has 0 bridgehead atoms. The predicted molar refractivity (Wildman–Crippen MR) is 74.2 cm³/mol. The molecule has 3 aromatic rings. The van der Waals surface area contributed by atoms with Crippen LogP contribution in [0.3, 0.4) is 0 Å². The highest BCUT2D eigenvalue weighted by Crippen LogP contribution is 2.31. The van der Waals surface area contributed by atoms with Gasteiger partial charge < -0.3 is 5.11 Å². The average molecular weight is 249 g/mol. The van der Waals surface area contributed by atoms with Crippen LogP contribution in [0.4, 0.5) is 0 Å². The molecule has 0 unspecified atom stereocenters. The van der Waals surface area contributed by atoms with Gasteiger partial charge in [0, 0.05) is 16.5 Å². The van der Waals surface area contributed by atoms with Gasteiger partial charge in [-0.3, -0.25) is 4.79 Å². The topological polar surface area (TPSA) is 50.2 Å². The van der Waals surface area contributed by atoms with Crippen molar-refractivity contribution in [3.05, 3.63) is 60.2 Å². The number of para-hydroxylation sites is 1. The molecule has 0 aliphatic heterocycles. The van der Waals surface area contributed by atoms with Gasteiger partial charge in [-0.05, 0) is 12.1 Å². The molecule has 2 aromatic carbocycles. The van der Waals surface area contributed by atoms with Crippen LogP contribution in [0.25, 0.3) is 22.2 Å². The van der Waals surface area contributed by atoms with Crippen LogP contribution in [0, 0.1) is 0 Å². The molecule has 92 valence electrons. The van der Waals surface area contributed by atoms with Crippen molar-refractivity contribution < 1.29 is 9.90 Å². The van der Waals surface area contributed by atoms with E-state index in [9.17, 15) is 9.90 Å². The zero-order chi connectivity index (χ0) is 13.2. The van der Waals surface area contributed by atoms with Gasteiger partial charge in [0.2, 0.25) is 0 Å². The van der Waals surface area contributed by atoms with E-state index in [1.165, 1.54) is 0 Å². The highest BCUT2D eigenvalue weighted by atomic mass is 16.3. The Hall–Kier alpha value is -2.68. The minimum Gasteiger partial charge on any atom is -0.506 e. The zero-order valence-corrected chi connectivity index (χ0v) is 10.1. The van der Waals surface area contributed by atoms with Gasteiger partial charge in [0.05, 0.1) is 5.52 Å². The molecule has 0 fully saturated rings. The zero-order valence-electron chi connectivity index (χ0n) is 10.1. The summed E-state index contributed by atoms with van der Waals surface area (Å²) in [5.41, 5.74) is 2.37. The normalized spacial score (nSPS) is 10.5. The summed E-state index contributed by atoms with van der Waals surface area (Å²) < 4.78 is 0. The molecule has 3 nitrogen and oxygen atoms in total. The number of carbonyl (C=O) groups excluding carboxylic acids is 1. The van der Waals surface area contributed by atoms with Crippen molar-refractivity contribution in [1.29, 1.82) is 0 Å². The third-order valence-corrected chi connectivity index (χ3v) is 3.05. The number of hydrogen-bond acceptors (Lipinski definition) is 3. The third kappa shape index (κ3) is 1.95. The highest BCUT2D eigenvalue weighted by molar-refractivity contribution is 5.91. The van der Waals surface area contributed by atoms with Crippen molar-refractivity contribution in [2.24, 2.45) is 0 Å². The first-order valence-electron chi connectivity index (χ1n) is 5.93. The van der Waals surface area contributed by atoms with Gasteiger partial charge in [-0.1, -0.05) is 42.5 Å². The molecule has 0 aliphatic rings. The summed E-state index contributed by atoms with van der Waals surface area (Å²) in [4.78, 5) is 15.5. The van der Waals surface area contributed by atoms with E-state index >= 15 is 0 Å². The van der Waals surface area contributed by atoms with E-state index in [-0.39, 0.29) is 5.75 Å². The SMILES string of the molecule is O=Cc1ccccc1-c1nc2ccccc2cc1O. The van der Waals surface area contributed by atoms with Crippen LogP contribution in [0.1, 0.15) is 10.4 Å². The molecule has 0 saturated heterocycles. The minimum atomic E-state index is 0.0769. The highest BCUT2D eigenvalue weighted by Gasteiger charge is 2.11. The Morgan fingerprint density at radius 2 is 1.74 bits per heavy atom. The van der Waals surface area contributed by atoms with E-state index in [0.29, 0.717) is 16.8 Å². The number of fused-ring (bicyclic) bond motifs is 1. The molecule has 0 amide bonds. The van der Waals surface area contributed by atoms with Gasteiger partial charge in [-0.2, -0.15) is 0 Å². The van der Waals surface area contributed by atoms with Crippen LogP contribution in [0.2, 0.25) is 0 Å². The van der Waals surface area contributed by atoms with Gasteiger partial charge in [0.15, 0.2) is 6.29 Å². The number of rotatable bonds is 2. The van der Waals surface area contributed by atoms with Gasteiger partial charge >= 0.3 is 0 Å². The van der Waals surface area contributed by atoms with Crippen molar-refractivity contribution in [1.82, 2.24) is 4.98 Å². The fraction of sp³-hybridized carbons (Fsp3) is 0. The summed E-state index contributed by atoms with van der Waals surface area (Å²) in [5, 5.41) is 11.0. The van der Waals surface area contributed by atoms with Crippen molar-refractivity contribution in [3.8, 4) is 17.0 Å². The molecule has 0 aliphatic carbocycles. The number of nitrogens with zero attached hydrogens (tertiary/aromatic N) is 1. The fourth-order valence-corrected chi connectivity index (χ4v) is 2.12. The minimum absolute atomic E-state index is 0.0769. The van der Waals surface area contributed by atoms with Gasteiger partial charge in [-0.15, -0.1) is 0 Å². The fourth-order valence-electron chi connectivity index (χ4n) is 2.12. The van der Waals surface area contributed by atoms with E-state index in [2.05, 4.69) is 4.98 Å². The monoisotopic (exact) mass is 249 g/mol. The van der Waals surface area contributed by atoms with Crippen molar-refractivity contribution in [3.63, 3.8) is 0 Å². The molecule has 1 N–H and O–H groups in total. The largest absolute Gasteiger partial charge is 0.506 e. The average Bonchev–Trinajstić information content (AvgIpc) is 2.46. The Balaban J connectivity index is 2.30. The Bertz CT molecular complexity index is 766. The number of benzene rings is 2. The summed E-state index contributed by atoms with van der Waals surface area (Å²) in [6.07, 6.45) is 0.769. The number of aromatic nitrogens is 1. The number of pyridine rings is 1. The molecule has 0 atom stereocenters. The first-order chi connectivity index (χ1) is 9.29. The predicted octanol–water partition coefficient (Wildman–Crippen LogP) is 3.42. The second-order valence-corrected chi connectivity index (χ2v) is 4.25. The summed E-state index contributed by atoms with van der Waals surface area (Å²) in [6.45, 7) is 0. The lowest BCUT2D eigenvalue weighted by atomic mass is 10.0. The molecular weight excluding hydrogens is 238 g/mol. The van der Waals surface area contributed by atoms with Gasteiger partial charge in [0.1, 0.15) is 11.4 Å². The van der Waals surface area contributed by atoms with Crippen molar-refractivity contribution >= 4 is 17.2 Å². The van der Waals surface area contributed by atoms with Gasteiger partial charge in [-0.25, -0.2) is 4.98 Å². The van der Waals surface area contributed by atoms with Crippen LogP contribution in [-0.4, -0.2) is 16.4 Å². The Labute approximate surface area is 110 Å². The Kier molecular flexibility index (Phi) is 2.72. The number of aldehydes is 1. The number of carbonyl (C=O) groups is 1. The van der Waals surface area contributed by atoms with Gasteiger partial charge in [0.25, 0.3) is 0 Å². The maximum absolute atomic E-state index is 11.1. The molecule has 1 aromatic heterocycles. The van der Waals surface area contributed by atoms with Crippen molar-refractivity contribution in [2.45, 2.75) is 0 Å². The quantitative estimate of drug-likeness (QED) is 0.708. The lowest BCUT2D eigenvalue weighted by molar-refractivity contribution is 0.112. The summed E-state index contributed by atoms with van der Waals surface area (Å²) >= 11 is 0. The standard InChI is InChI=1S/C16H11NO2/c18-10-12-6-1-3-7-13(12)16-15(19)9-11-5-2-4-8-14(11)17-16/h1-10,19H. The maximum Gasteiger partial charge on any atom is 0.150 e. The lowest BCUT2D eigenvalue weighted by Crippen LogP contribution is -1.91. The molecular formula is C16H11NO2. The smallest absolute Gasteiger partial charge is 0.150 e. The molecule has 3 heteroatoms. The molecule has 3 rings (SSSR count). The Morgan fingerprint density at radius 1 is 1.00 bits per heavy atom. The number of aromatic hydroxyl groups is 1. The van der Waals surface area contributed by atoms with E-state index < -0.39 is 0 Å². The lowest BCUT2D eigenvalue weighted by Gasteiger charge is -2.08.